The van der Waals surface area contributed by atoms with Gasteiger partial charge in [0.15, 0.2) is 11.6 Å². The molecule has 166 valence electrons. The predicted molar refractivity (Wildman–Crippen MR) is 106 cm³/mol. The fourth-order valence-corrected chi connectivity index (χ4v) is 2.91. The van der Waals surface area contributed by atoms with Gasteiger partial charge in [-0.3, -0.25) is 9.36 Å². The minimum Gasteiger partial charge on any atom is -0.497 e. The number of methoxy groups -OCH3 is 1. The number of halogens is 4. The Bertz CT molecular complexity index is 1220. The molecule has 3 rings (SSSR count). The van der Waals surface area contributed by atoms with Crippen LogP contribution in [0.4, 0.5) is 17.6 Å². The summed E-state index contributed by atoms with van der Waals surface area (Å²) in [5.41, 5.74) is -1.98. The third-order valence-corrected chi connectivity index (χ3v) is 4.56. The molecule has 0 amide bonds. The number of alkyl halides is 3. The molecule has 10 heteroatoms. The molecule has 0 aliphatic carbocycles. The van der Waals surface area contributed by atoms with Crippen LogP contribution in [-0.2, 0) is 6.54 Å². The van der Waals surface area contributed by atoms with Crippen LogP contribution in [0.5, 0.6) is 17.2 Å². The number of nitriles is 1. The van der Waals surface area contributed by atoms with Gasteiger partial charge >= 0.3 is 0 Å². The minimum atomic E-state index is -3.02. The second kappa shape index (κ2) is 9.51. The van der Waals surface area contributed by atoms with Crippen molar-refractivity contribution < 1.29 is 27.0 Å². The lowest BCUT2D eigenvalue weighted by molar-refractivity contribution is 0.151. The molecule has 0 spiro atoms. The van der Waals surface area contributed by atoms with Crippen LogP contribution in [0.15, 0.2) is 47.5 Å². The summed E-state index contributed by atoms with van der Waals surface area (Å²) in [6.07, 6.45) is -3.69. The van der Waals surface area contributed by atoms with Crippen LogP contribution in [-0.4, -0.2) is 16.7 Å². The molecule has 1 atom stereocenters. The van der Waals surface area contributed by atoms with E-state index >= 15 is 0 Å². The molecular weight excluding hydrogens is 430 g/mol. The molecule has 1 unspecified atom stereocenters. The van der Waals surface area contributed by atoms with E-state index in [-0.39, 0.29) is 6.54 Å². The second-order valence-electron chi connectivity index (χ2n) is 6.75. The van der Waals surface area contributed by atoms with Crippen LogP contribution < -0.4 is 15.0 Å². The first-order chi connectivity index (χ1) is 15.2. The van der Waals surface area contributed by atoms with Crippen LogP contribution in [0, 0.1) is 17.1 Å². The Labute approximate surface area is 180 Å². The molecule has 0 N–H and O–H groups in total. The molecule has 1 aromatic heterocycles. The highest BCUT2D eigenvalue weighted by Gasteiger charge is 2.23. The smallest absolute Gasteiger partial charge is 0.297 e. The largest absolute Gasteiger partial charge is 0.497 e. The molecular formula is C22H17F4N3O3. The van der Waals surface area contributed by atoms with E-state index in [4.69, 9.17) is 14.7 Å². The van der Waals surface area contributed by atoms with Gasteiger partial charge in [-0.1, -0.05) is 12.1 Å². The molecule has 0 aliphatic rings. The minimum absolute atomic E-state index is 0.0239. The third kappa shape index (κ3) is 4.72. The van der Waals surface area contributed by atoms with Crippen molar-refractivity contribution in [3.8, 4) is 23.3 Å². The summed E-state index contributed by atoms with van der Waals surface area (Å²) in [6, 6.07) is 9.54. The van der Waals surface area contributed by atoms with Gasteiger partial charge in [-0.05, 0) is 36.8 Å². The van der Waals surface area contributed by atoms with Gasteiger partial charge in [0.25, 0.3) is 12.0 Å². The zero-order valence-electron chi connectivity index (χ0n) is 17.0. The Balaban J connectivity index is 2.07. The maximum atomic E-state index is 14.6. The fourth-order valence-electron chi connectivity index (χ4n) is 2.91. The van der Waals surface area contributed by atoms with E-state index in [1.807, 2.05) is 0 Å². The summed E-state index contributed by atoms with van der Waals surface area (Å²) in [5.74, 6) is -2.11. The zero-order chi connectivity index (χ0) is 23.4. The zero-order valence-corrected chi connectivity index (χ0v) is 17.0. The molecule has 3 aromatic rings. The summed E-state index contributed by atoms with van der Waals surface area (Å²) in [5, 5.41) is 9.02. The molecule has 0 aliphatic heterocycles. The van der Waals surface area contributed by atoms with Crippen molar-refractivity contribution in [2.24, 2.45) is 0 Å². The van der Waals surface area contributed by atoms with Crippen molar-refractivity contribution >= 4 is 0 Å². The third-order valence-electron chi connectivity index (χ3n) is 4.56. The molecule has 0 fully saturated rings. The monoisotopic (exact) mass is 447 g/mol. The first-order valence-corrected chi connectivity index (χ1v) is 9.31. The second-order valence-corrected chi connectivity index (χ2v) is 6.75. The Hall–Kier alpha value is -3.87. The summed E-state index contributed by atoms with van der Waals surface area (Å²) < 4.78 is 66.4. The van der Waals surface area contributed by atoms with Gasteiger partial charge in [0, 0.05) is 5.56 Å². The topological polar surface area (TPSA) is 77.1 Å². The Morgan fingerprint density at radius 3 is 2.44 bits per heavy atom. The quantitative estimate of drug-likeness (QED) is 0.473. The van der Waals surface area contributed by atoms with Crippen LogP contribution in [0.3, 0.4) is 0 Å². The van der Waals surface area contributed by atoms with Crippen molar-refractivity contribution in [1.82, 2.24) is 9.55 Å². The Morgan fingerprint density at radius 1 is 1.19 bits per heavy atom. The standard InChI is InChI=1S/C22H17F4N3O3/c1-12(23)19-20(32-17-8-14(21(25)26)7-15(9-27)18(17)24)22(30)29(11-28-19)10-13-3-5-16(31-2)6-4-13/h3-8,11-12,21H,10H2,1-2H3. The molecule has 0 saturated heterocycles. The average molecular weight is 447 g/mol. The Morgan fingerprint density at radius 2 is 1.88 bits per heavy atom. The number of benzene rings is 2. The molecule has 32 heavy (non-hydrogen) atoms. The lowest BCUT2D eigenvalue weighted by Crippen LogP contribution is -2.24. The van der Waals surface area contributed by atoms with Crippen molar-refractivity contribution in [2.75, 3.05) is 7.11 Å². The number of nitrogens with zero attached hydrogens (tertiary/aromatic N) is 3. The van der Waals surface area contributed by atoms with Crippen molar-refractivity contribution in [3.63, 3.8) is 0 Å². The summed E-state index contributed by atoms with van der Waals surface area (Å²) in [6.45, 7) is 1.12. The SMILES string of the molecule is COc1ccc(Cn2cnc(C(C)F)c(Oc3cc(C(F)F)cc(C#N)c3F)c2=O)cc1. The van der Waals surface area contributed by atoms with Crippen LogP contribution in [0.1, 0.15) is 41.9 Å². The number of ether oxygens (including phenoxy) is 2. The summed E-state index contributed by atoms with van der Waals surface area (Å²) in [7, 11) is 1.50. The van der Waals surface area contributed by atoms with Crippen LogP contribution in [0.2, 0.25) is 0 Å². The van der Waals surface area contributed by atoms with E-state index in [2.05, 4.69) is 4.98 Å². The number of aromatic nitrogens is 2. The number of rotatable bonds is 7. The lowest BCUT2D eigenvalue weighted by atomic mass is 10.1. The highest BCUT2D eigenvalue weighted by molar-refractivity contribution is 5.45. The molecule has 0 radical (unpaired) electrons. The van der Waals surface area contributed by atoms with E-state index < -0.39 is 52.3 Å². The van der Waals surface area contributed by atoms with Gasteiger partial charge in [-0.15, -0.1) is 0 Å². The predicted octanol–water partition coefficient (Wildman–Crippen LogP) is 5.07. The van der Waals surface area contributed by atoms with E-state index in [1.165, 1.54) is 13.2 Å². The van der Waals surface area contributed by atoms with E-state index in [9.17, 15) is 22.4 Å². The van der Waals surface area contributed by atoms with Gasteiger partial charge in [0.2, 0.25) is 5.75 Å². The molecule has 0 bridgehead atoms. The highest BCUT2D eigenvalue weighted by atomic mass is 19.3. The summed E-state index contributed by atoms with van der Waals surface area (Å²) in [4.78, 5) is 16.9. The van der Waals surface area contributed by atoms with Gasteiger partial charge in [0.1, 0.15) is 23.7 Å². The van der Waals surface area contributed by atoms with E-state index in [0.29, 0.717) is 23.4 Å². The van der Waals surface area contributed by atoms with Crippen molar-refractivity contribution in [3.05, 3.63) is 81.3 Å². The molecule has 2 aromatic carbocycles. The lowest BCUT2D eigenvalue weighted by Gasteiger charge is -2.15. The summed E-state index contributed by atoms with van der Waals surface area (Å²) >= 11 is 0. The average Bonchev–Trinajstić information content (AvgIpc) is 2.77. The first kappa shape index (κ1) is 22.8. The molecule has 0 saturated carbocycles. The van der Waals surface area contributed by atoms with Gasteiger partial charge < -0.3 is 9.47 Å². The van der Waals surface area contributed by atoms with Gasteiger partial charge in [-0.25, -0.2) is 22.5 Å². The maximum Gasteiger partial charge on any atom is 0.297 e. The van der Waals surface area contributed by atoms with Crippen molar-refractivity contribution in [1.29, 1.82) is 5.26 Å². The van der Waals surface area contributed by atoms with Crippen LogP contribution in [0.25, 0.3) is 0 Å². The Kier molecular flexibility index (Phi) is 6.78. The molecule has 1 heterocycles. The van der Waals surface area contributed by atoms with E-state index in [0.717, 1.165) is 17.8 Å². The van der Waals surface area contributed by atoms with Crippen molar-refractivity contribution in [2.45, 2.75) is 26.1 Å². The first-order valence-electron chi connectivity index (χ1n) is 9.31. The van der Waals surface area contributed by atoms with Gasteiger partial charge in [-0.2, -0.15) is 5.26 Å². The normalized spacial score (nSPS) is 11.8. The number of hydrogen-bond acceptors (Lipinski definition) is 5. The maximum absolute atomic E-state index is 14.6. The highest BCUT2D eigenvalue weighted by Crippen LogP contribution is 2.33. The van der Waals surface area contributed by atoms with Gasteiger partial charge in [0.05, 0.1) is 25.5 Å². The van der Waals surface area contributed by atoms with Crippen LogP contribution >= 0.6 is 0 Å². The van der Waals surface area contributed by atoms with E-state index in [1.54, 1.807) is 24.3 Å². The fraction of sp³-hybridized carbons (Fsp3) is 0.227. The molecule has 6 nitrogen and oxygen atoms in total. The number of hydrogen-bond donors (Lipinski definition) is 0.